The number of amides is 2. The van der Waals surface area contributed by atoms with Gasteiger partial charge in [-0.05, 0) is 37.6 Å². The second-order valence-electron chi connectivity index (χ2n) is 8.21. The van der Waals surface area contributed by atoms with E-state index in [2.05, 4.69) is 10.6 Å². The van der Waals surface area contributed by atoms with Crippen LogP contribution in [0.15, 0.2) is 24.3 Å². The van der Waals surface area contributed by atoms with Crippen LogP contribution in [0.5, 0.6) is 5.75 Å². The highest BCUT2D eigenvalue weighted by Crippen LogP contribution is 2.19. The average molecular weight is 435 g/mol. The van der Waals surface area contributed by atoms with E-state index >= 15 is 0 Å². The van der Waals surface area contributed by atoms with Gasteiger partial charge in [0.05, 0.1) is 13.2 Å². The summed E-state index contributed by atoms with van der Waals surface area (Å²) in [5.74, 6) is -1.14. The molecular weight excluding hydrogens is 400 g/mol. The maximum atomic E-state index is 13.2. The Hall–Kier alpha value is -2.65. The van der Waals surface area contributed by atoms with Crippen molar-refractivity contribution in [2.75, 3.05) is 33.8 Å². The van der Waals surface area contributed by atoms with Gasteiger partial charge >= 0.3 is 5.97 Å². The summed E-state index contributed by atoms with van der Waals surface area (Å²) in [7, 11) is 3.27. The first-order valence-electron chi connectivity index (χ1n) is 10.5. The number of carbonyl (C=O) groups excluding carboxylic acids is 2. The molecular formula is C22H34N4O5. The summed E-state index contributed by atoms with van der Waals surface area (Å²) < 4.78 is 5.25. The number of carboxylic acid groups (broad SMARTS) is 1. The largest absolute Gasteiger partial charge is 0.497 e. The summed E-state index contributed by atoms with van der Waals surface area (Å²) in [5.41, 5.74) is 1.01. The fourth-order valence-electron chi connectivity index (χ4n) is 3.59. The molecule has 1 saturated heterocycles. The second-order valence-corrected chi connectivity index (χ2v) is 8.21. The molecule has 2 rings (SSSR count). The van der Waals surface area contributed by atoms with E-state index in [1.165, 1.54) is 4.90 Å². The molecule has 1 aliphatic heterocycles. The van der Waals surface area contributed by atoms with Crippen molar-refractivity contribution in [2.45, 2.75) is 45.4 Å². The maximum absolute atomic E-state index is 13.2. The number of carboxylic acids is 1. The predicted octanol–water partition coefficient (Wildman–Crippen LogP) is 0.541. The van der Waals surface area contributed by atoms with E-state index in [0.717, 1.165) is 11.3 Å². The third-order valence-corrected chi connectivity index (χ3v) is 5.63. The van der Waals surface area contributed by atoms with Crippen LogP contribution in [0.2, 0.25) is 0 Å². The first-order valence-corrected chi connectivity index (χ1v) is 10.5. The predicted molar refractivity (Wildman–Crippen MR) is 117 cm³/mol. The number of rotatable bonds is 9. The van der Waals surface area contributed by atoms with Gasteiger partial charge < -0.3 is 25.4 Å². The number of aliphatic carboxylic acids is 1. The highest BCUT2D eigenvalue weighted by atomic mass is 16.5. The van der Waals surface area contributed by atoms with Gasteiger partial charge in [0.25, 0.3) is 0 Å². The van der Waals surface area contributed by atoms with Crippen LogP contribution in [0, 0.1) is 5.92 Å². The molecule has 172 valence electrons. The minimum atomic E-state index is -1.05. The topological polar surface area (TPSA) is 111 Å². The van der Waals surface area contributed by atoms with E-state index in [9.17, 15) is 19.5 Å². The van der Waals surface area contributed by atoms with E-state index in [4.69, 9.17) is 4.74 Å². The van der Waals surface area contributed by atoms with Crippen molar-refractivity contribution in [1.29, 1.82) is 0 Å². The molecule has 0 aliphatic carbocycles. The monoisotopic (exact) mass is 434 g/mol. The summed E-state index contributed by atoms with van der Waals surface area (Å²) in [6, 6.07) is 5.41. The van der Waals surface area contributed by atoms with Crippen molar-refractivity contribution >= 4 is 17.8 Å². The number of likely N-dealkylation sites (N-methyl/N-ethyl adjacent to an activating group) is 1. The summed E-state index contributed by atoms with van der Waals surface area (Å²) >= 11 is 0. The number of nitrogens with zero attached hydrogens (tertiary/aromatic N) is 2. The number of hydrogen-bond acceptors (Lipinski definition) is 6. The van der Waals surface area contributed by atoms with Gasteiger partial charge in [-0.3, -0.25) is 14.5 Å². The lowest BCUT2D eigenvalue weighted by atomic mass is 10.00. The molecule has 3 N–H and O–H groups in total. The Bertz CT molecular complexity index is 785. The van der Waals surface area contributed by atoms with Crippen molar-refractivity contribution in [3.63, 3.8) is 0 Å². The summed E-state index contributed by atoms with van der Waals surface area (Å²) in [6.45, 7) is 6.97. The molecule has 31 heavy (non-hydrogen) atoms. The Morgan fingerprint density at radius 1 is 1.23 bits per heavy atom. The fourth-order valence-corrected chi connectivity index (χ4v) is 3.59. The van der Waals surface area contributed by atoms with Crippen molar-refractivity contribution in [3.05, 3.63) is 29.8 Å². The Morgan fingerprint density at radius 3 is 2.52 bits per heavy atom. The van der Waals surface area contributed by atoms with E-state index in [1.807, 2.05) is 43.0 Å². The zero-order chi connectivity index (χ0) is 23.1. The lowest BCUT2D eigenvalue weighted by Gasteiger charge is -2.41. The van der Waals surface area contributed by atoms with Gasteiger partial charge in [0, 0.05) is 26.2 Å². The first kappa shape index (κ1) is 24.6. The second kappa shape index (κ2) is 11.1. The van der Waals surface area contributed by atoms with Gasteiger partial charge in [-0.15, -0.1) is 0 Å². The van der Waals surface area contributed by atoms with Crippen LogP contribution in [-0.4, -0.2) is 84.6 Å². The highest BCUT2D eigenvalue weighted by molar-refractivity contribution is 5.92. The molecule has 0 aromatic heterocycles. The maximum Gasteiger partial charge on any atom is 0.327 e. The fraction of sp³-hybridized carbons (Fsp3) is 0.591. The molecule has 0 saturated carbocycles. The molecule has 1 aromatic carbocycles. The van der Waals surface area contributed by atoms with Crippen LogP contribution in [0.1, 0.15) is 26.3 Å². The molecule has 1 aliphatic rings. The van der Waals surface area contributed by atoms with Gasteiger partial charge in [0.15, 0.2) is 0 Å². The van der Waals surface area contributed by atoms with Crippen LogP contribution >= 0.6 is 0 Å². The van der Waals surface area contributed by atoms with Gasteiger partial charge in [0.1, 0.15) is 17.8 Å². The number of carbonyl (C=O) groups is 3. The third-order valence-electron chi connectivity index (χ3n) is 5.63. The summed E-state index contributed by atoms with van der Waals surface area (Å²) in [4.78, 5) is 41.0. The highest BCUT2D eigenvalue weighted by Gasteiger charge is 2.39. The molecule has 3 atom stereocenters. The lowest BCUT2D eigenvalue weighted by molar-refractivity contribution is -0.155. The number of hydrogen-bond donors (Lipinski definition) is 3. The van der Waals surface area contributed by atoms with Crippen LogP contribution in [-0.2, 0) is 20.9 Å². The number of methoxy groups -OCH3 is 1. The molecule has 0 radical (unpaired) electrons. The number of ether oxygens (including phenoxy) is 1. The minimum Gasteiger partial charge on any atom is -0.497 e. The zero-order valence-corrected chi connectivity index (χ0v) is 18.9. The van der Waals surface area contributed by atoms with Crippen molar-refractivity contribution in [2.24, 2.45) is 5.92 Å². The Labute approximate surface area is 183 Å². The zero-order valence-electron chi connectivity index (χ0n) is 18.9. The smallest absolute Gasteiger partial charge is 0.327 e. The number of benzene rings is 1. The van der Waals surface area contributed by atoms with Gasteiger partial charge in [0.2, 0.25) is 11.8 Å². The minimum absolute atomic E-state index is 0.176. The first-order chi connectivity index (χ1) is 14.7. The van der Waals surface area contributed by atoms with E-state index in [1.54, 1.807) is 21.1 Å². The molecule has 1 aromatic rings. The van der Waals surface area contributed by atoms with Crippen LogP contribution in [0.25, 0.3) is 0 Å². The molecule has 1 heterocycles. The van der Waals surface area contributed by atoms with E-state index < -0.39 is 24.1 Å². The van der Waals surface area contributed by atoms with Crippen LogP contribution < -0.4 is 15.4 Å². The average Bonchev–Trinajstić information content (AvgIpc) is 2.76. The molecule has 2 amide bonds. The number of piperazine rings is 1. The lowest BCUT2D eigenvalue weighted by Crippen LogP contribution is -2.63. The molecule has 0 spiro atoms. The van der Waals surface area contributed by atoms with Crippen LogP contribution in [0.4, 0.5) is 0 Å². The van der Waals surface area contributed by atoms with Crippen molar-refractivity contribution in [3.8, 4) is 5.75 Å². The Balaban J connectivity index is 2.12. The molecule has 9 heteroatoms. The summed E-state index contributed by atoms with van der Waals surface area (Å²) in [6.07, 6.45) is 0. The van der Waals surface area contributed by atoms with Gasteiger partial charge in [-0.2, -0.15) is 0 Å². The Morgan fingerprint density at radius 2 is 1.94 bits per heavy atom. The van der Waals surface area contributed by atoms with Gasteiger partial charge in [-0.1, -0.05) is 26.0 Å². The third kappa shape index (κ3) is 6.41. The van der Waals surface area contributed by atoms with Gasteiger partial charge in [-0.25, -0.2) is 4.79 Å². The van der Waals surface area contributed by atoms with Crippen LogP contribution in [0.3, 0.4) is 0 Å². The van der Waals surface area contributed by atoms with Crippen molar-refractivity contribution in [1.82, 2.24) is 20.4 Å². The summed E-state index contributed by atoms with van der Waals surface area (Å²) in [5, 5.41) is 15.4. The Kier molecular flexibility index (Phi) is 8.82. The van der Waals surface area contributed by atoms with Crippen molar-refractivity contribution < 1.29 is 24.2 Å². The number of nitrogens with one attached hydrogen (secondary N) is 2. The molecule has 1 fully saturated rings. The normalized spacial score (nSPS) is 19.0. The molecule has 9 nitrogen and oxygen atoms in total. The SMILES string of the molecule is CNC(C)C(=O)NC(C(=O)N1CCN(Cc2cccc(OC)c2)CC1C(=O)O)C(C)C. The molecule has 3 unspecified atom stereocenters. The standard InChI is InChI=1S/C22H34N4O5/c1-14(2)19(24-20(27)15(3)23-4)21(28)26-10-9-25(13-18(26)22(29)30)12-16-7-6-8-17(11-16)31-5/h6-8,11,14-15,18-19,23H,9-10,12-13H2,1-5H3,(H,24,27)(H,29,30). The van der Waals surface area contributed by atoms with E-state index in [0.29, 0.717) is 13.1 Å². The van der Waals surface area contributed by atoms with E-state index in [-0.39, 0.29) is 30.8 Å². The molecule has 0 bridgehead atoms. The quantitative estimate of drug-likeness (QED) is 0.520.